The second-order valence-corrected chi connectivity index (χ2v) is 6.44. The lowest BCUT2D eigenvalue weighted by molar-refractivity contribution is -0.131. The number of aliphatic hydroxyl groups excluding tert-OH is 1. The fourth-order valence-electron chi connectivity index (χ4n) is 2.79. The van der Waals surface area contributed by atoms with Crippen LogP contribution in [0.5, 0.6) is 0 Å². The highest BCUT2D eigenvalue weighted by Crippen LogP contribution is 2.10. The van der Waals surface area contributed by atoms with E-state index in [1.807, 2.05) is 42.5 Å². The monoisotopic (exact) mass is 347 g/mol. The van der Waals surface area contributed by atoms with E-state index in [2.05, 4.69) is 17.6 Å². The van der Waals surface area contributed by atoms with Gasteiger partial charge in [0.2, 0.25) is 5.91 Å². The highest BCUT2D eigenvalue weighted by atomic mass is 32.1. The van der Waals surface area contributed by atoms with Crippen LogP contribution in [0.4, 0.5) is 0 Å². The van der Waals surface area contributed by atoms with Gasteiger partial charge in [0, 0.05) is 31.6 Å². The summed E-state index contributed by atoms with van der Waals surface area (Å²) in [6, 6.07) is 10.2. The zero-order chi connectivity index (χ0) is 17.4. The predicted octanol–water partition coefficient (Wildman–Crippen LogP) is 1.54. The van der Waals surface area contributed by atoms with Gasteiger partial charge in [-0.1, -0.05) is 42.5 Å². The number of nitrogens with zero attached hydrogens (tertiary/aromatic N) is 1. The molecular weight excluding hydrogens is 322 g/mol. The van der Waals surface area contributed by atoms with Crippen molar-refractivity contribution in [2.75, 3.05) is 19.7 Å². The van der Waals surface area contributed by atoms with Gasteiger partial charge in [-0.2, -0.15) is 0 Å². The summed E-state index contributed by atoms with van der Waals surface area (Å²) in [5, 5.41) is 16.1. The second kappa shape index (κ2) is 9.39. The summed E-state index contributed by atoms with van der Waals surface area (Å²) in [6.07, 6.45) is 5.16. The number of benzene rings is 1. The van der Waals surface area contributed by atoms with E-state index in [1.165, 1.54) is 0 Å². The minimum absolute atomic E-state index is 0.0242. The number of amides is 1. The Morgan fingerprint density at radius 3 is 2.79 bits per heavy atom. The van der Waals surface area contributed by atoms with Crippen molar-refractivity contribution in [2.24, 2.45) is 0 Å². The van der Waals surface area contributed by atoms with E-state index in [-0.39, 0.29) is 24.6 Å². The van der Waals surface area contributed by atoms with E-state index in [0.717, 1.165) is 12.0 Å². The molecule has 1 saturated heterocycles. The van der Waals surface area contributed by atoms with Gasteiger partial charge >= 0.3 is 0 Å². The molecule has 0 bridgehead atoms. The van der Waals surface area contributed by atoms with Crippen molar-refractivity contribution in [3.63, 3.8) is 0 Å². The first-order valence-corrected chi connectivity index (χ1v) is 8.66. The molecule has 0 spiro atoms. The van der Waals surface area contributed by atoms with Gasteiger partial charge in [0.05, 0.1) is 6.61 Å². The molecule has 24 heavy (non-hydrogen) atoms. The van der Waals surface area contributed by atoms with Gasteiger partial charge in [-0.15, -0.1) is 0 Å². The molecule has 0 saturated carbocycles. The number of rotatable bonds is 7. The predicted molar refractivity (Wildman–Crippen MR) is 100 cm³/mol. The molecule has 0 aromatic heterocycles. The summed E-state index contributed by atoms with van der Waals surface area (Å²) in [5.74, 6) is 0.0242. The normalized spacial score (nSPS) is 20.5. The van der Waals surface area contributed by atoms with E-state index >= 15 is 0 Å². The van der Waals surface area contributed by atoms with E-state index < -0.39 is 0 Å². The Kier molecular flexibility index (Phi) is 7.21. The Bertz CT molecular complexity index is 577. The van der Waals surface area contributed by atoms with Crippen LogP contribution in [-0.4, -0.2) is 52.8 Å². The molecule has 1 fully saturated rings. The van der Waals surface area contributed by atoms with Crippen LogP contribution in [0.3, 0.4) is 0 Å². The molecule has 1 aromatic rings. The topological polar surface area (TPSA) is 64.6 Å². The van der Waals surface area contributed by atoms with Crippen LogP contribution in [0.2, 0.25) is 0 Å². The molecule has 1 aromatic carbocycles. The molecule has 0 aliphatic carbocycles. The van der Waals surface area contributed by atoms with E-state index in [9.17, 15) is 9.90 Å². The van der Waals surface area contributed by atoms with Crippen LogP contribution < -0.4 is 10.6 Å². The van der Waals surface area contributed by atoms with Gasteiger partial charge in [-0.05, 0) is 31.1 Å². The second-order valence-electron chi connectivity index (χ2n) is 6.03. The number of carbonyl (C=O) groups is 1. The number of carbonyl (C=O) groups excluding carboxylic acids is 1. The number of nitrogens with one attached hydrogen (secondary N) is 2. The van der Waals surface area contributed by atoms with Crippen molar-refractivity contribution in [1.29, 1.82) is 0 Å². The maximum atomic E-state index is 12.5. The van der Waals surface area contributed by atoms with Crippen LogP contribution in [0.1, 0.15) is 25.3 Å². The average molecular weight is 347 g/mol. The molecule has 1 heterocycles. The van der Waals surface area contributed by atoms with Gasteiger partial charge < -0.3 is 20.6 Å². The summed E-state index contributed by atoms with van der Waals surface area (Å²) >= 11 is 5.16. The molecule has 1 aliphatic rings. The SMILES string of the molecule is CC1CC(CC(=O)N(CC=Cc2ccccc2)CCO)NC(=S)N1. The zero-order valence-electron chi connectivity index (χ0n) is 13.9. The maximum absolute atomic E-state index is 12.5. The number of aliphatic hydroxyl groups is 1. The van der Waals surface area contributed by atoms with Crippen LogP contribution in [0.15, 0.2) is 36.4 Å². The number of hydrogen-bond acceptors (Lipinski definition) is 3. The third kappa shape index (κ3) is 5.94. The lowest BCUT2D eigenvalue weighted by Gasteiger charge is -2.32. The minimum atomic E-state index is -0.0423. The number of hydrogen-bond donors (Lipinski definition) is 3. The average Bonchev–Trinajstić information content (AvgIpc) is 2.54. The van der Waals surface area contributed by atoms with Crippen molar-refractivity contribution >= 4 is 29.3 Å². The molecule has 130 valence electrons. The molecular formula is C18H25N3O2S. The van der Waals surface area contributed by atoms with Gasteiger partial charge in [0.25, 0.3) is 0 Å². The standard InChI is InChI=1S/C18H25N3O2S/c1-14-12-16(20-18(24)19-14)13-17(23)21(10-11-22)9-5-8-15-6-3-2-4-7-15/h2-8,14,16,22H,9-13H2,1H3,(H2,19,20,24). The van der Waals surface area contributed by atoms with Crippen LogP contribution >= 0.6 is 12.2 Å². The molecule has 6 heteroatoms. The highest BCUT2D eigenvalue weighted by Gasteiger charge is 2.24. The van der Waals surface area contributed by atoms with Crippen LogP contribution in [-0.2, 0) is 4.79 Å². The minimum Gasteiger partial charge on any atom is -0.395 e. The maximum Gasteiger partial charge on any atom is 0.224 e. The van der Waals surface area contributed by atoms with E-state index in [4.69, 9.17) is 12.2 Å². The van der Waals surface area contributed by atoms with Crippen molar-refractivity contribution in [3.05, 3.63) is 42.0 Å². The first-order chi connectivity index (χ1) is 11.6. The lowest BCUT2D eigenvalue weighted by atomic mass is 10.0. The molecule has 1 amide bonds. The Balaban J connectivity index is 1.90. The summed E-state index contributed by atoms with van der Waals surface area (Å²) in [7, 11) is 0. The largest absolute Gasteiger partial charge is 0.395 e. The zero-order valence-corrected chi connectivity index (χ0v) is 14.8. The first kappa shape index (κ1) is 18.4. The Morgan fingerprint density at radius 2 is 2.12 bits per heavy atom. The molecule has 3 N–H and O–H groups in total. The van der Waals surface area contributed by atoms with Crippen LogP contribution in [0, 0.1) is 0 Å². The summed E-state index contributed by atoms with van der Waals surface area (Å²) < 4.78 is 0. The third-order valence-corrected chi connectivity index (χ3v) is 4.17. The third-order valence-electron chi connectivity index (χ3n) is 3.93. The first-order valence-electron chi connectivity index (χ1n) is 8.25. The molecule has 0 radical (unpaired) electrons. The summed E-state index contributed by atoms with van der Waals surface area (Å²) in [5.41, 5.74) is 1.09. The van der Waals surface area contributed by atoms with E-state index in [0.29, 0.717) is 24.6 Å². The van der Waals surface area contributed by atoms with Crippen molar-refractivity contribution in [2.45, 2.75) is 31.8 Å². The van der Waals surface area contributed by atoms with Crippen LogP contribution in [0.25, 0.3) is 6.08 Å². The highest BCUT2D eigenvalue weighted by molar-refractivity contribution is 7.80. The Labute approximate surface area is 148 Å². The number of thiocarbonyl (C=S) groups is 1. The molecule has 1 aliphatic heterocycles. The van der Waals surface area contributed by atoms with E-state index in [1.54, 1.807) is 4.90 Å². The Morgan fingerprint density at radius 1 is 1.38 bits per heavy atom. The van der Waals surface area contributed by atoms with Gasteiger partial charge in [0.1, 0.15) is 0 Å². The summed E-state index contributed by atoms with van der Waals surface area (Å²) in [6.45, 7) is 2.83. The quantitative estimate of drug-likeness (QED) is 0.653. The van der Waals surface area contributed by atoms with Crippen molar-refractivity contribution < 1.29 is 9.90 Å². The molecule has 2 atom stereocenters. The van der Waals surface area contributed by atoms with Gasteiger partial charge in [-0.25, -0.2) is 0 Å². The van der Waals surface area contributed by atoms with Crippen molar-refractivity contribution in [3.8, 4) is 0 Å². The molecule has 2 rings (SSSR count). The molecule has 2 unspecified atom stereocenters. The lowest BCUT2D eigenvalue weighted by Crippen LogP contribution is -2.54. The molecule has 5 nitrogen and oxygen atoms in total. The smallest absolute Gasteiger partial charge is 0.224 e. The summed E-state index contributed by atoms with van der Waals surface area (Å²) in [4.78, 5) is 14.2. The van der Waals surface area contributed by atoms with Gasteiger partial charge in [0.15, 0.2) is 5.11 Å². The Hall–Kier alpha value is -1.92. The van der Waals surface area contributed by atoms with Gasteiger partial charge in [-0.3, -0.25) is 4.79 Å². The van der Waals surface area contributed by atoms with Crippen molar-refractivity contribution in [1.82, 2.24) is 15.5 Å². The fraction of sp³-hybridized carbons (Fsp3) is 0.444. The fourth-order valence-corrected chi connectivity index (χ4v) is 3.16.